The lowest BCUT2D eigenvalue weighted by Crippen LogP contribution is -2.28. The van der Waals surface area contributed by atoms with Crippen LogP contribution in [0.25, 0.3) is 0 Å². The molecule has 0 bridgehead atoms. The topological polar surface area (TPSA) is 92.8 Å². The summed E-state index contributed by atoms with van der Waals surface area (Å²) < 4.78 is 5.09. The zero-order chi connectivity index (χ0) is 21.8. The first-order chi connectivity index (χ1) is 14.2. The van der Waals surface area contributed by atoms with Crippen LogP contribution < -0.4 is 10.2 Å². The minimum Gasteiger partial charge on any atom is -0.455 e. The van der Waals surface area contributed by atoms with E-state index in [-0.39, 0.29) is 24.7 Å². The summed E-state index contributed by atoms with van der Waals surface area (Å²) in [5, 5.41) is 3.12. The van der Waals surface area contributed by atoms with Gasteiger partial charge < -0.3 is 15.0 Å². The summed E-state index contributed by atoms with van der Waals surface area (Å²) in [6, 6.07) is 11.7. The first-order valence-corrected chi connectivity index (χ1v) is 9.76. The molecule has 0 unspecified atom stereocenters. The molecule has 2 aromatic rings. The second kappa shape index (κ2) is 9.09. The average molecular weight is 429 g/mol. The number of hydrogen-bond acceptors (Lipinski definition) is 5. The number of anilines is 2. The first kappa shape index (κ1) is 21.5. The van der Waals surface area contributed by atoms with E-state index in [0.29, 0.717) is 22.0 Å². The number of esters is 1. The highest BCUT2D eigenvalue weighted by Gasteiger charge is 2.36. The summed E-state index contributed by atoms with van der Waals surface area (Å²) in [6.07, 6.45) is 0.00655. The van der Waals surface area contributed by atoms with Crippen LogP contribution in [0.15, 0.2) is 42.5 Å². The molecule has 30 heavy (non-hydrogen) atoms. The zero-order valence-electron chi connectivity index (χ0n) is 16.6. The molecule has 0 aromatic heterocycles. The molecule has 2 aromatic carbocycles. The second-order valence-corrected chi connectivity index (χ2v) is 7.54. The van der Waals surface area contributed by atoms with Gasteiger partial charge in [0.2, 0.25) is 5.91 Å². The molecule has 1 N–H and O–H groups in total. The highest BCUT2D eigenvalue weighted by atomic mass is 35.5. The highest BCUT2D eigenvalue weighted by Crippen LogP contribution is 2.29. The van der Waals surface area contributed by atoms with Crippen LogP contribution in [-0.2, 0) is 19.1 Å². The SMILES string of the molecule is CC(=O)c1cccc(NC(=O)COC(=O)[C@H]2CC(=O)N(c3ccc(C)c(Cl)c3)C2)c1. The van der Waals surface area contributed by atoms with Crippen molar-refractivity contribution in [3.63, 3.8) is 0 Å². The van der Waals surface area contributed by atoms with Gasteiger partial charge in [-0.3, -0.25) is 19.2 Å². The van der Waals surface area contributed by atoms with Crippen LogP contribution in [0.4, 0.5) is 11.4 Å². The summed E-state index contributed by atoms with van der Waals surface area (Å²) >= 11 is 6.12. The van der Waals surface area contributed by atoms with E-state index < -0.39 is 24.4 Å². The van der Waals surface area contributed by atoms with Gasteiger partial charge in [-0.15, -0.1) is 0 Å². The van der Waals surface area contributed by atoms with Crippen molar-refractivity contribution in [2.45, 2.75) is 20.3 Å². The molecule has 1 saturated heterocycles. The number of halogens is 1. The monoisotopic (exact) mass is 428 g/mol. The van der Waals surface area contributed by atoms with Gasteiger partial charge >= 0.3 is 5.97 Å². The maximum Gasteiger partial charge on any atom is 0.311 e. The van der Waals surface area contributed by atoms with Gasteiger partial charge in [-0.05, 0) is 43.7 Å². The predicted octanol–water partition coefficient (Wildman–Crippen LogP) is 3.39. The quantitative estimate of drug-likeness (QED) is 0.562. The molecule has 0 saturated carbocycles. The molecular formula is C22H21ClN2O5. The molecular weight excluding hydrogens is 408 g/mol. The Balaban J connectivity index is 1.54. The van der Waals surface area contributed by atoms with Crippen molar-refractivity contribution in [1.82, 2.24) is 0 Å². The van der Waals surface area contributed by atoms with Crippen molar-refractivity contribution in [2.24, 2.45) is 5.92 Å². The molecule has 1 aliphatic rings. The molecule has 1 heterocycles. The molecule has 1 atom stereocenters. The summed E-state index contributed by atoms with van der Waals surface area (Å²) in [7, 11) is 0. The number of hydrogen-bond donors (Lipinski definition) is 1. The van der Waals surface area contributed by atoms with Gasteiger partial charge in [0.1, 0.15) is 0 Å². The lowest BCUT2D eigenvalue weighted by Gasteiger charge is -2.17. The molecule has 1 fully saturated rings. The highest BCUT2D eigenvalue weighted by molar-refractivity contribution is 6.31. The Labute approximate surface area is 179 Å². The van der Waals surface area contributed by atoms with Crippen molar-refractivity contribution >= 4 is 46.5 Å². The third-order valence-electron chi connectivity index (χ3n) is 4.82. The third kappa shape index (κ3) is 5.04. The van der Waals surface area contributed by atoms with Gasteiger partial charge in [-0.1, -0.05) is 29.8 Å². The standard InChI is InChI=1S/C22H21ClN2O5/c1-13-6-7-18(10-19(13)23)25-11-16(9-21(25)28)22(29)30-12-20(27)24-17-5-3-4-15(8-17)14(2)26/h3-8,10,16H,9,11-12H2,1-2H3,(H,24,27)/t16-/m0/s1. The number of aryl methyl sites for hydroxylation is 1. The number of nitrogens with one attached hydrogen (secondary N) is 1. The van der Waals surface area contributed by atoms with Gasteiger partial charge in [0, 0.05) is 34.9 Å². The van der Waals surface area contributed by atoms with Crippen molar-refractivity contribution in [1.29, 1.82) is 0 Å². The molecule has 1 aliphatic heterocycles. The molecule has 0 aliphatic carbocycles. The van der Waals surface area contributed by atoms with E-state index in [1.807, 2.05) is 13.0 Å². The fourth-order valence-corrected chi connectivity index (χ4v) is 3.31. The number of carbonyl (C=O) groups excluding carboxylic acids is 4. The van der Waals surface area contributed by atoms with Crippen LogP contribution in [0.3, 0.4) is 0 Å². The Morgan fingerprint density at radius 1 is 1.20 bits per heavy atom. The van der Waals surface area contributed by atoms with E-state index in [4.69, 9.17) is 16.3 Å². The Morgan fingerprint density at radius 2 is 1.97 bits per heavy atom. The maximum atomic E-state index is 12.3. The van der Waals surface area contributed by atoms with Crippen molar-refractivity contribution in [2.75, 3.05) is 23.4 Å². The van der Waals surface area contributed by atoms with Crippen LogP contribution in [0.2, 0.25) is 5.02 Å². The second-order valence-electron chi connectivity index (χ2n) is 7.13. The van der Waals surface area contributed by atoms with Crippen molar-refractivity contribution in [3.05, 3.63) is 58.6 Å². The van der Waals surface area contributed by atoms with Crippen LogP contribution in [0.5, 0.6) is 0 Å². The minimum absolute atomic E-state index is 0.00655. The molecule has 3 rings (SSSR count). The van der Waals surface area contributed by atoms with Crippen LogP contribution in [0, 0.1) is 12.8 Å². The fourth-order valence-electron chi connectivity index (χ4n) is 3.13. The van der Waals surface area contributed by atoms with E-state index in [1.54, 1.807) is 36.4 Å². The number of carbonyl (C=O) groups is 4. The van der Waals surface area contributed by atoms with E-state index in [1.165, 1.54) is 11.8 Å². The molecule has 0 radical (unpaired) electrons. The summed E-state index contributed by atoms with van der Waals surface area (Å²) in [5.74, 6) is -2.14. The van der Waals surface area contributed by atoms with Gasteiger partial charge in [-0.2, -0.15) is 0 Å². The Hall–Kier alpha value is -3.19. The smallest absolute Gasteiger partial charge is 0.311 e. The van der Waals surface area contributed by atoms with E-state index in [0.717, 1.165) is 5.56 Å². The molecule has 7 nitrogen and oxygen atoms in total. The Morgan fingerprint density at radius 3 is 2.67 bits per heavy atom. The van der Waals surface area contributed by atoms with E-state index in [2.05, 4.69) is 5.32 Å². The normalized spacial score (nSPS) is 15.8. The van der Waals surface area contributed by atoms with Crippen LogP contribution in [-0.4, -0.2) is 36.7 Å². The van der Waals surface area contributed by atoms with E-state index in [9.17, 15) is 19.2 Å². The molecule has 0 spiro atoms. The van der Waals surface area contributed by atoms with Crippen LogP contribution in [0.1, 0.15) is 29.3 Å². The van der Waals surface area contributed by atoms with Gasteiger partial charge in [-0.25, -0.2) is 0 Å². The summed E-state index contributed by atoms with van der Waals surface area (Å²) in [6.45, 7) is 2.97. The number of rotatable bonds is 6. The third-order valence-corrected chi connectivity index (χ3v) is 5.23. The molecule has 156 valence electrons. The number of benzene rings is 2. The number of ketones is 1. The first-order valence-electron chi connectivity index (χ1n) is 9.38. The average Bonchev–Trinajstić information content (AvgIpc) is 3.10. The number of Topliss-reactive ketones (excluding diaryl/α,β-unsaturated/α-hetero) is 1. The van der Waals surface area contributed by atoms with Crippen molar-refractivity contribution in [3.8, 4) is 0 Å². The van der Waals surface area contributed by atoms with Gasteiger partial charge in [0.25, 0.3) is 5.91 Å². The number of nitrogens with zero attached hydrogens (tertiary/aromatic N) is 1. The lowest BCUT2D eigenvalue weighted by molar-refractivity contribution is -0.151. The Bertz CT molecular complexity index is 1020. The molecule has 8 heteroatoms. The lowest BCUT2D eigenvalue weighted by atomic mass is 10.1. The minimum atomic E-state index is -0.661. The fraction of sp³-hybridized carbons (Fsp3) is 0.273. The van der Waals surface area contributed by atoms with E-state index >= 15 is 0 Å². The van der Waals surface area contributed by atoms with Crippen LogP contribution >= 0.6 is 11.6 Å². The number of amides is 2. The zero-order valence-corrected chi connectivity index (χ0v) is 17.4. The van der Waals surface area contributed by atoms with Gasteiger partial charge in [0.15, 0.2) is 12.4 Å². The Kier molecular flexibility index (Phi) is 6.52. The summed E-state index contributed by atoms with van der Waals surface area (Å²) in [5.41, 5.74) is 2.41. The maximum absolute atomic E-state index is 12.3. The van der Waals surface area contributed by atoms with Crippen molar-refractivity contribution < 1.29 is 23.9 Å². The predicted molar refractivity (Wildman–Crippen MR) is 113 cm³/mol. The molecule has 2 amide bonds. The number of ether oxygens (including phenoxy) is 1. The van der Waals surface area contributed by atoms with Gasteiger partial charge in [0.05, 0.1) is 5.92 Å². The largest absolute Gasteiger partial charge is 0.455 e. The summed E-state index contributed by atoms with van der Waals surface area (Å²) in [4.78, 5) is 49.6.